The number of carbonyl (C=O) groups excluding carboxylic acids is 1. The van der Waals surface area contributed by atoms with E-state index in [1.807, 2.05) is 0 Å². The molecule has 2 aromatic carbocycles. The van der Waals surface area contributed by atoms with Crippen LogP contribution >= 0.6 is 23.2 Å². The molecule has 0 atom stereocenters. The van der Waals surface area contributed by atoms with Crippen molar-refractivity contribution in [2.75, 3.05) is 0 Å². The van der Waals surface area contributed by atoms with Gasteiger partial charge in [0.05, 0.1) is 17.1 Å². The third-order valence-electron chi connectivity index (χ3n) is 3.31. The molecule has 3 aromatic rings. The molecule has 2 nitrogen and oxygen atoms in total. The van der Waals surface area contributed by atoms with E-state index in [1.165, 1.54) is 12.1 Å². The Bertz CT molecular complexity index is 841. The zero-order valence-corrected chi connectivity index (χ0v) is 12.3. The molecule has 3 rings (SSSR count). The predicted molar refractivity (Wildman–Crippen MR) is 82.7 cm³/mol. The molecule has 0 spiro atoms. The van der Waals surface area contributed by atoms with Crippen molar-refractivity contribution in [3.8, 4) is 0 Å². The van der Waals surface area contributed by atoms with Gasteiger partial charge in [0.15, 0.2) is 5.78 Å². The van der Waals surface area contributed by atoms with E-state index in [0.717, 1.165) is 0 Å². The Morgan fingerprint density at radius 1 is 1.14 bits per heavy atom. The first-order chi connectivity index (χ1) is 10.1. The molecule has 0 aliphatic heterocycles. The van der Waals surface area contributed by atoms with Gasteiger partial charge in [0.2, 0.25) is 0 Å². The average Bonchev–Trinajstić information content (AvgIpc) is 2.83. The Morgan fingerprint density at radius 2 is 1.95 bits per heavy atom. The number of Topliss-reactive ketones (excluding diaryl/α,β-unsaturated/α-hetero) is 1. The van der Waals surface area contributed by atoms with Crippen LogP contribution in [0.4, 0.5) is 4.39 Å². The summed E-state index contributed by atoms with van der Waals surface area (Å²) in [6, 6.07) is 11.2. The summed E-state index contributed by atoms with van der Waals surface area (Å²) in [5, 5.41) is 1.28. The van der Waals surface area contributed by atoms with Crippen LogP contribution in [0, 0.1) is 5.82 Å². The smallest absolute Gasteiger partial charge is 0.183 e. The normalized spacial score (nSPS) is 11.0. The number of hydrogen-bond donors (Lipinski definition) is 0. The van der Waals surface area contributed by atoms with E-state index in [1.54, 1.807) is 41.1 Å². The highest BCUT2D eigenvalue weighted by atomic mass is 35.5. The summed E-state index contributed by atoms with van der Waals surface area (Å²) in [5.41, 5.74) is 1.08. The fourth-order valence-corrected chi connectivity index (χ4v) is 2.79. The lowest BCUT2D eigenvalue weighted by Crippen LogP contribution is -2.10. The predicted octanol–water partition coefficient (Wildman–Crippen LogP) is 4.97. The van der Waals surface area contributed by atoms with E-state index in [4.69, 9.17) is 23.2 Å². The minimum absolute atomic E-state index is 0.0916. The van der Waals surface area contributed by atoms with Gasteiger partial charge < -0.3 is 4.57 Å². The van der Waals surface area contributed by atoms with Crippen LogP contribution in [-0.2, 0) is 6.54 Å². The molecule has 0 aliphatic rings. The van der Waals surface area contributed by atoms with E-state index in [2.05, 4.69) is 0 Å². The Labute approximate surface area is 130 Å². The summed E-state index contributed by atoms with van der Waals surface area (Å²) < 4.78 is 15.3. The summed E-state index contributed by atoms with van der Waals surface area (Å²) in [6.07, 6.45) is 1.69. The minimum atomic E-state index is -0.303. The molecule has 0 aliphatic carbocycles. The van der Waals surface area contributed by atoms with Crippen LogP contribution in [0.5, 0.6) is 0 Å². The Kier molecular flexibility index (Phi) is 3.70. The molecular formula is C16H10Cl2FNO. The molecule has 0 radical (unpaired) electrons. The highest BCUT2D eigenvalue weighted by Crippen LogP contribution is 2.23. The van der Waals surface area contributed by atoms with Gasteiger partial charge in [-0.05, 0) is 36.4 Å². The standard InChI is InChI=1S/C16H10Cl2FNO/c17-10-4-5-11(13(18)8-10)16(21)9-20-7-6-12-14(19)2-1-3-15(12)20/h1-8H,9H2. The second kappa shape index (κ2) is 5.51. The van der Waals surface area contributed by atoms with Gasteiger partial charge in [-0.25, -0.2) is 4.39 Å². The monoisotopic (exact) mass is 321 g/mol. The molecule has 1 aromatic heterocycles. The van der Waals surface area contributed by atoms with Crippen molar-refractivity contribution in [3.63, 3.8) is 0 Å². The summed E-state index contributed by atoms with van der Waals surface area (Å²) in [6.45, 7) is 0.0916. The first-order valence-electron chi connectivity index (χ1n) is 6.28. The van der Waals surface area contributed by atoms with E-state index < -0.39 is 0 Å². The van der Waals surface area contributed by atoms with E-state index in [-0.39, 0.29) is 18.1 Å². The van der Waals surface area contributed by atoms with Crippen LogP contribution in [0.15, 0.2) is 48.7 Å². The van der Waals surface area contributed by atoms with Crippen LogP contribution in [-0.4, -0.2) is 10.4 Å². The third kappa shape index (κ3) is 2.67. The SMILES string of the molecule is O=C(Cn1ccc2c(F)cccc21)c1ccc(Cl)cc1Cl. The van der Waals surface area contributed by atoms with E-state index in [9.17, 15) is 9.18 Å². The number of ketones is 1. The van der Waals surface area contributed by atoms with Crippen LogP contribution in [0.1, 0.15) is 10.4 Å². The number of carbonyl (C=O) groups is 1. The molecule has 0 bridgehead atoms. The van der Waals surface area contributed by atoms with Crippen LogP contribution in [0.2, 0.25) is 10.0 Å². The van der Waals surface area contributed by atoms with Crippen LogP contribution in [0.25, 0.3) is 10.9 Å². The summed E-state index contributed by atoms with van der Waals surface area (Å²) in [5.74, 6) is -0.457. The molecular weight excluding hydrogens is 312 g/mol. The molecule has 106 valence electrons. The fourth-order valence-electron chi connectivity index (χ4n) is 2.28. The van der Waals surface area contributed by atoms with Crippen molar-refractivity contribution in [2.24, 2.45) is 0 Å². The topological polar surface area (TPSA) is 22.0 Å². The second-order valence-electron chi connectivity index (χ2n) is 4.66. The van der Waals surface area contributed by atoms with Crippen molar-refractivity contribution in [2.45, 2.75) is 6.54 Å². The zero-order chi connectivity index (χ0) is 15.0. The van der Waals surface area contributed by atoms with Gasteiger partial charge in [-0.1, -0.05) is 29.3 Å². The maximum absolute atomic E-state index is 13.6. The molecule has 21 heavy (non-hydrogen) atoms. The van der Waals surface area contributed by atoms with Gasteiger partial charge in [-0.3, -0.25) is 4.79 Å². The Morgan fingerprint density at radius 3 is 2.71 bits per heavy atom. The van der Waals surface area contributed by atoms with Gasteiger partial charge in [-0.15, -0.1) is 0 Å². The minimum Gasteiger partial charge on any atom is -0.340 e. The molecule has 0 fully saturated rings. The Balaban J connectivity index is 1.95. The number of hydrogen-bond acceptors (Lipinski definition) is 1. The fraction of sp³-hybridized carbons (Fsp3) is 0.0625. The van der Waals surface area contributed by atoms with Crippen molar-refractivity contribution in [1.29, 1.82) is 0 Å². The summed E-state index contributed by atoms with van der Waals surface area (Å²) in [4.78, 5) is 12.3. The van der Waals surface area contributed by atoms with Gasteiger partial charge >= 0.3 is 0 Å². The quantitative estimate of drug-likeness (QED) is 0.624. The van der Waals surface area contributed by atoms with Crippen molar-refractivity contribution >= 4 is 39.9 Å². The first-order valence-corrected chi connectivity index (χ1v) is 7.03. The molecule has 0 amide bonds. The maximum atomic E-state index is 13.6. The first kappa shape index (κ1) is 14.1. The van der Waals surface area contributed by atoms with Gasteiger partial charge in [0, 0.05) is 22.2 Å². The Hall–Kier alpha value is -1.84. The number of fused-ring (bicyclic) bond motifs is 1. The lowest BCUT2D eigenvalue weighted by Gasteiger charge is -2.07. The molecule has 0 N–H and O–H groups in total. The highest BCUT2D eigenvalue weighted by Gasteiger charge is 2.13. The molecule has 0 saturated carbocycles. The highest BCUT2D eigenvalue weighted by molar-refractivity contribution is 6.36. The molecule has 5 heteroatoms. The van der Waals surface area contributed by atoms with Crippen molar-refractivity contribution < 1.29 is 9.18 Å². The van der Waals surface area contributed by atoms with E-state index >= 15 is 0 Å². The van der Waals surface area contributed by atoms with Gasteiger partial charge in [0.1, 0.15) is 5.82 Å². The zero-order valence-electron chi connectivity index (χ0n) is 10.8. The van der Waals surface area contributed by atoms with Gasteiger partial charge in [0.25, 0.3) is 0 Å². The maximum Gasteiger partial charge on any atom is 0.183 e. The van der Waals surface area contributed by atoms with E-state index in [0.29, 0.717) is 26.5 Å². The van der Waals surface area contributed by atoms with Crippen LogP contribution in [0.3, 0.4) is 0 Å². The van der Waals surface area contributed by atoms with Crippen molar-refractivity contribution in [1.82, 2.24) is 4.57 Å². The largest absolute Gasteiger partial charge is 0.340 e. The molecule has 1 heterocycles. The lowest BCUT2D eigenvalue weighted by atomic mass is 10.1. The number of rotatable bonds is 3. The number of nitrogens with zero attached hydrogens (tertiary/aromatic N) is 1. The molecule has 0 saturated heterocycles. The summed E-state index contributed by atoms with van der Waals surface area (Å²) in [7, 11) is 0. The molecule has 0 unspecified atom stereocenters. The second-order valence-corrected chi connectivity index (χ2v) is 5.51. The third-order valence-corrected chi connectivity index (χ3v) is 3.85. The summed E-state index contributed by atoms with van der Waals surface area (Å²) >= 11 is 11.9. The van der Waals surface area contributed by atoms with Gasteiger partial charge in [-0.2, -0.15) is 0 Å². The average molecular weight is 322 g/mol. The number of halogens is 3. The number of benzene rings is 2. The lowest BCUT2D eigenvalue weighted by molar-refractivity contribution is 0.0974. The van der Waals surface area contributed by atoms with Crippen molar-refractivity contribution in [3.05, 3.63) is 70.1 Å². The number of aromatic nitrogens is 1. The van der Waals surface area contributed by atoms with Crippen LogP contribution < -0.4 is 0 Å².